The largest absolute Gasteiger partial charge is 0.494 e. The molecule has 238 valence electrons. The van der Waals surface area contributed by atoms with E-state index < -0.39 is 12.0 Å². The summed E-state index contributed by atoms with van der Waals surface area (Å²) in [5, 5.41) is 6.41. The zero-order valence-electron chi connectivity index (χ0n) is 26.4. The molecule has 7 nitrogen and oxygen atoms in total. The molecule has 4 aromatic rings. The summed E-state index contributed by atoms with van der Waals surface area (Å²) in [6, 6.07) is 33.4. The van der Waals surface area contributed by atoms with Gasteiger partial charge in [0.25, 0.3) is 0 Å². The first-order valence-corrected chi connectivity index (χ1v) is 16.0. The Balaban J connectivity index is 1.12. The van der Waals surface area contributed by atoms with Crippen LogP contribution in [-0.2, 0) is 27.2 Å². The molecule has 1 aliphatic carbocycles. The van der Waals surface area contributed by atoms with Crippen molar-refractivity contribution in [3.05, 3.63) is 131 Å². The Morgan fingerprint density at radius 3 is 2.13 bits per heavy atom. The van der Waals surface area contributed by atoms with Crippen LogP contribution in [0.2, 0.25) is 0 Å². The standard InChI is InChI=1S/C39H42N2O5/c1-45-37(43)35(41-34-18-9-8-17-33(34)36(42)31-15-6-3-7-16-31)27-29-19-21-32(22-20-29)46-26-12-25-40-38(44)39(23-10-11-24-39)28-30-13-4-2-5-14-30/h2-9,13-22,35,41H,10-12,23-28H2,1H3,(H,40,44)/t35-/m0/s1. The number of ether oxygens (including phenoxy) is 2. The summed E-state index contributed by atoms with van der Waals surface area (Å²) in [6.45, 7) is 1.04. The maximum absolute atomic E-state index is 13.2. The number of benzene rings is 4. The van der Waals surface area contributed by atoms with Crippen LogP contribution < -0.4 is 15.4 Å². The molecular formula is C39H42N2O5. The molecular weight excluding hydrogens is 576 g/mol. The molecule has 0 spiro atoms. The Morgan fingerprint density at radius 1 is 0.783 bits per heavy atom. The Morgan fingerprint density at radius 2 is 1.43 bits per heavy atom. The molecule has 1 fully saturated rings. The fourth-order valence-electron chi connectivity index (χ4n) is 6.21. The molecule has 2 N–H and O–H groups in total. The van der Waals surface area contributed by atoms with E-state index in [1.54, 1.807) is 30.3 Å². The zero-order valence-corrected chi connectivity index (χ0v) is 26.4. The van der Waals surface area contributed by atoms with Crippen LogP contribution in [0, 0.1) is 5.41 Å². The third-order valence-corrected chi connectivity index (χ3v) is 8.69. The van der Waals surface area contributed by atoms with Crippen LogP contribution >= 0.6 is 0 Å². The molecule has 4 aromatic carbocycles. The van der Waals surface area contributed by atoms with Gasteiger partial charge in [-0.2, -0.15) is 0 Å². The average Bonchev–Trinajstić information content (AvgIpc) is 3.58. The van der Waals surface area contributed by atoms with Gasteiger partial charge in [0.15, 0.2) is 5.78 Å². The van der Waals surface area contributed by atoms with Crippen molar-refractivity contribution < 1.29 is 23.9 Å². The third-order valence-electron chi connectivity index (χ3n) is 8.69. The van der Waals surface area contributed by atoms with Crippen molar-refractivity contribution in [2.45, 2.75) is 51.0 Å². The van der Waals surface area contributed by atoms with E-state index >= 15 is 0 Å². The average molecular weight is 619 g/mol. The molecule has 0 heterocycles. The molecule has 0 aromatic heterocycles. The van der Waals surface area contributed by atoms with Gasteiger partial charge in [-0.05, 0) is 61.1 Å². The van der Waals surface area contributed by atoms with Crippen molar-refractivity contribution >= 4 is 23.3 Å². The van der Waals surface area contributed by atoms with Crippen molar-refractivity contribution in [2.24, 2.45) is 5.41 Å². The molecule has 5 rings (SSSR count). The molecule has 1 atom stereocenters. The summed E-state index contributed by atoms with van der Waals surface area (Å²) in [6.07, 6.45) is 5.89. The van der Waals surface area contributed by atoms with Gasteiger partial charge in [0.1, 0.15) is 11.8 Å². The smallest absolute Gasteiger partial charge is 0.328 e. The van der Waals surface area contributed by atoms with Gasteiger partial charge in [-0.25, -0.2) is 4.79 Å². The van der Waals surface area contributed by atoms with Gasteiger partial charge in [0.2, 0.25) is 5.91 Å². The van der Waals surface area contributed by atoms with Gasteiger partial charge in [-0.15, -0.1) is 0 Å². The van der Waals surface area contributed by atoms with Gasteiger partial charge in [0.05, 0.1) is 19.1 Å². The molecule has 7 heteroatoms. The lowest BCUT2D eigenvalue weighted by Crippen LogP contribution is -2.41. The van der Waals surface area contributed by atoms with Crippen molar-refractivity contribution in [3.8, 4) is 5.75 Å². The first-order valence-electron chi connectivity index (χ1n) is 16.0. The monoisotopic (exact) mass is 618 g/mol. The Hall–Kier alpha value is -4.91. The van der Waals surface area contributed by atoms with E-state index in [0.29, 0.717) is 48.6 Å². The molecule has 0 bridgehead atoms. The predicted octanol–water partition coefficient (Wildman–Crippen LogP) is 6.80. The van der Waals surface area contributed by atoms with Gasteiger partial charge < -0.3 is 20.1 Å². The molecule has 0 unspecified atom stereocenters. The number of nitrogens with one attached hydrogen (secondary N) is 2. The molecule has 0 saturated heterocycles. The lowest BCUT2D eigenvalue weighted by molar-refractivity contribution is -0.141. The summed E-state index contributed by atoms with van der Waals surface area (Å²) in [5.41, 5.74) is 3.44. The van der Waals surface area contributed by atoms with Crippen molar-refractivity contribution in [1.82, 2.24) is 5.32 Å². The number of hydrogen-bond donors (Lipinski definition) is 2. The summed E-state index contributed by atoms with van der Waals surface area (Å²) in [4.78, 5) is 39.2. The minimum atomic E-state index is -0.699. The van der Waals surface area contributed by atoms with E-state index in [-0.39, 0.29) is 17.1 Å². The fourth-order valence-corrected chi connectivity index (χ4v) is 6.21. The lowest BCUT2D eigenvalue weighted by atomic mass is 9.79. The van der Waals surface area contributed by atoms with Crippen LogP contribution in [0.3, 0.4) is 0 Å². The highest BCUT2D eigenvalue weighted by Gasteiger charge is 2.40. The number of hydrogen-bond acceptors (Lipinski definition) is 6. The van der Waals surface area contributed by atoms with Crippen LogP contribution in [0.1, 0.15) is 59.2 Å². The van der Waals surface area contributed by atoms with E-state index in [9.17, 15) is 14.4 Å². The van der Waals surface area contributed by atoms with Crippen molar-refractivity contribution in [3.63, 3.8) is 0 Å². The molecule has 1 aliphatic rings. The van der Waals surface area contributed by atoms with E-state index in [1.807, 2.05) is 66.7 Å². The van der Waals surface area contributed by atoms with Gasteiger partial charge in [-0.3, -0.25) is 9.59 Å². The minimum Gasteiger partial charge on any atom is -0.494 e. The molecule has 0 aliphatic heterocycles. The zero-order chi connectivity index (χ0) is 32.2. The number of carbonyl (C=O) groups excluding carboxylic acids is 3. The minimum absolute atomic E-state index is 0.126. The number of rotatable bonds is 15. The fraction of sp³-hybridized carbons (Fsp3) is 0.308. The van der Waals surface area contributed by atoms with Crippen LogP contribution in [-0.4, -0.2) is 44.0 Å². The maximum atomic E-state index is 13.2. The van der Waals surface area contributed by atoms with Gasteiger partial charge in [-0.1, -0.05) is 97.8 Å². The normalized spacial score (nSPS) is 14.2. The van der Waals surface area contributed by atoms with E-state index in [0.717, 1.165) is 37.7 Å². The molecule has 1 amide bonds. The maximum Gasteiger partial charge on any atom is 0.328 e. The van der Waals surface area contributed by atoms with E-state index in [4.69, 9.17) is 9.47 Å². The second kappa shape index (κ2) is 15.9. The van der Waals surface area contributed by atoms with Gasteiger partial charge >= 0.3 is 5.97 Å². The van der Waals surface area contributed by atoms with Gasteiger partial charge in [0, 0.05) is 29.8 Å². The Kier molecular flexibility index (Phi) is 11.2. The summed E-state index contributed by atoms with van der Waals surface area (Å²) < 4.78 is 11.0. The topological polar surface area (TPSA) is 93.7 Å². The van der Waals surface area contributed by atoms with Crippen LogP contribution in [0.25, 0.3) is 0 Å². The first kappa shape index (κ1) is 32.5. The highest BCUT2D eigenvalue weighted by atomic mass is 16.5. The summed E-state index contributed by atoms with van der Waals surface area (Å²) in [5.74, 6) is 0.318. The quantitative estimate of drug-likeness (QED) is 0.0865. The Labute approximate surface area is 271 Å². The van der Waals surface area contributed by atoms with Crippen LogP contribution in [0.4, 0.5) is 5.69 Å². The number of ketones is 1. The van der Waals surface area contributed by atoms with E-state index in [1.165, 1.54) is 12.7 Å². The van der Waals surface area contributed by atoms with Crippen molar-refractivity contribution in [2.75, 3.05) is 25.6 Å². The summed E-state index contributed by atoms with van der Waals surface area (Å²) in [7, 11) is 1.36. The van der Waals surface area contributed by atoms with Crippen molar-refractivity contribution in [1.29, 1.82) is 0 Å². The second-order valence-electron chi connectivity index (χ2n) is 11.9. The second-order valence-corrected chi connectivity index (χ2v) is 11.9. The number of para-hydroxylation sites is 1. The van der Waals surface area contributed by atoms with Crippen LogP contribution in [0.15, 0.2) is 109 Å². The van der Waals surface area contributed by atoms with E-state index in [2.05, 4.69) is 22.8 Å². The number of amides is 1. The Bertz CT molecular complexity index is 1580. The summed E-state index contributed by atoms with van der Waals surface area (Å²) >= 11 is 0. The molecule has 0 radical (unpaired) electrons. The molecule has 1 saturated carbocycles. The number of esters is 1. The SMILES string of the molecule is COC(=O)[C@H](Cc1ccc(OCCCNC(=O)C2(Cc3ccccc3)CCCC2)cc1)Nc1ccccc1C(=O)c1ccccc1. The lowest BCUT2D eigenvalue weighted by Gasteiger charge is -2.28. The predicted molar refractivity (Wildman–Crippen MR) is 180 cm³/mol. The highest BCUT2D eigenvalue weighted by molar-refractivity contribution is 6.12. The number of methoxy groups -OCH3 is 1. The number of carbonyl (C=O) groups is 3. The highest BCUT2D eigenvalue weighted by Crippen LogP contribution is 2.41. The third kappa shape index (κ3) is 8.42. The molecule has 46 heavy (non-hydrogen) atoms. The van der Waals surface area contributed by atoms with Crippen LogP contribution in [0.5, 0.6) is 5.75 Å². The first-order chi connectivity index (χ1) is 22.5. The number of anilines is 1.